The number of rotatable bonds is 21. The molecule has 1 heterocycles. The molecule has 4 N–H and O–H groups in total. The molecular formula is C18H33N7O6. The van der Waals surface area contributed by atoms with Crippen molar-refractivity contribution in [3.63, 3.8) is 0 Å². The number of carbonyl (C=O) groups is 1. The molecule has 0 saturated heterocycles. The second-order valence-electron chi connectivity index (χ2n) is 6.19. The SMILES string of the molecule is [N-]=[N+]=NCCOCCOCCOCCOCCOCCNC(=O)[C@@H](N)Cc1cnc[nH]1. The van der Waals surface area contributed by atoms with E-state index in [1.807, 2.05) is 0 Å². The van der Waals surface area contributed by atoms with Crippen molar-refractivity contribution in [2.75, 3.05) is 79.2 Å². The average Bonchev–Trinajstić information content (AvgIpc) is 3.28. The molecule has 0 aromatic carbocycles. The molecule has 0 radical (unpaired) electrons. The number of nitrogens with zero attached hydrogens (tertiary/aromatic N) is 4. The van der Waals surface area contributed by atoms with E-state index < -0.39 is 6.04 Å². The lowest BCUT2D eigenvalue weighted by Crippen LogP contribution is -2.43. The van der Waals surface area contributed by atoms with Crippen molar-refractivity contribution >= 4 is 5.91 Å². The third-order valence-corrected chi connectivity index (χ3v) is 3.76. The molecule has 0 aliphatic rings. The number of ether oxygens (including phenoxy) is 5. The Morgan fingerprint density at radius 3 is 2.10 bits per heavy atom. The lowest BCUT2D eigenvalue weighted by molar-refractivity contribution is -0.122. The number of aromatic nitrogens is 2. The van der Waals surface area contributed by atoms with Gasteiger partial charge in [-0.25, -0.2) is 4.98 Å². The normalized spacial score (nSPS) is 11.8. The number of imidazole rings is 1. The van der Waals surface area contributed by atoms with Crippen LogP contribution in [0.5, 0.6) is 0 Å². The van der Waals surface area contributed by atoms with Crippen LogP contribution in [0.25, 0.3) is 10.4 Å². The average molecular weight is 444 g/mol. The van der Waals surface area contributed by atoms with Gasteiger partial charge in [-0.05, 0) is 5.53 Å². The van der Waals surface area contributed by atoms with Gasteiger partial charge in [-0.1, -0.05) is 5.11 Å². The zero-order chi connectivity index (χ0) is 22.4. The predicted molar refractivity (Wildman–Crippen MR) is 111 cm³/mol. The van der Waals surface area contributed by atoms with Crippen molar-refractivity contribution in [3.8, 4) is 0 Å². The molecule has 0 spiro atoms. The first-order valence-corrected chi connectivity index (χ1v) is 10.1. The zero-order valence-corrected chi connectivity index (χ0v) is 17.7. The Morgan fingerprint density at radius 1 is 1.03 bits per heavy atom. The minimum absolute atomic E-state index is 0.228. The number of nitrogens with one attached hydrogen (secondary N) is 2. The minimum atomic E-state index is -0.627. The molecule has 1 amide bonds. The Morgan fingerprint density at radius 2 is 1.58 bits per heavy atom. The van der Waals surface area contributed by atoms with Crippen LogP contribution in [0.3, 0.4) is 0 Å². The van der Waals surface area contributed by atoms with Crippen molar-refractivity contribution in [1.82, 2.24) is 15.3 Å². The van der Waals surface area contributed by atoms with Gasteiger partial charge in [-0.2, -0.15) is 0 Å². The molecule has 0 saturated carbocycles. The fraction of sp³-hybridized carbons (Fsp3) is 0.778. The van der Waals surface area contributed by atoms with Crippen molar-refractivity contribution < 1.29 is 28.5 Å². The molecule has 0 unspecified atom stereocenters. The molecule has 1 aromatic heterocycles. The van der Waals surface area contributed by atoms with Crippen molar-refractivity contribution in [2.24, 2.45) is 10.8 Å². The van der Waals surface area contributed by atoms with Gasteiger partial charge in [0.2, 0.25) is 5.91 Å². The van der Waals surface area contributed by atoms with E-state index in [1.165, 1.54) is 0 Å². The lowest BCUT2D eigenvalue weighted by Gasteiger charge is -2.11. The van der Waals surface area contributed by atoms with Crippen LogP contribution < -0.4 is 11.1 Å². The van der Waals surface area contributed by atoms with Crippen molar-refractivity contribution in [1.29, 1.82) is 0 Å². The largest absolute Gasteiger partial charge is 0.379 e. The van der Waals surface area contributed by atoms with E-state index in [1.54, 1.807) is 12.5 Å². The smallest absolute Gasteiger partial charge is 0.237 e. The standard InChI is InChI=1S/C18H33N7O6/c19-17(13-16-14-21-15-23-16)18(26)22-1-3-27-5-7-29-9-11-31-12-10-30-8-6-28-4-2-24-25-20/h14-15,17H,1-13,19H2,(H,21,23)(H,22,26)/t17-/m0/s1. The Bertz CT molecular complexity index is 598. The fourth-order valence-electron chi connectivity index (χ4n) is 2.24. The summed E-state index contributed by atoms with van der Waals surface area (Å²) in [5, 5.41) is 6.08. The first kappa shape index (κ1) is 26.8. The quantitative estimate of drug-likeness (QED) is 0.101. The minimum Gasteiger partial charge on any atom is -0.379 e. The predicted octanol–water partition coefficient (Wildman–Crippen LogP) is -0.211. The van der Waals surface area contributed by atoms with Crippen LogP contribution in [0, 0.1) is 0 Å². The molecule has 0 fully saturated rings. The number of hydrogen-bond donors (Lipinski definition) is 3. The number of H-pyrrole nitrogens is 1. The molecule has 13 heteroatoms. The maximum Gasteiger partial charge on any atom is 0.237 e. The molecule has 13 nitrogen and oxygen atoms in total. The van der Waals surface area contributed by atoms with Gasteiger partial charge >= 0.3 is 0 Å². The van der Waals surface area contributed by atoms with Gasteiger partial charge in [0.1, 0.15) is 0 Å². The van der Waals surface area contributed by atoms with E-state index in [0.29, 0.717) is 85.6 Å². The highest BCUT2D eigenvalue weighted by Gasteiger charge is 2.13. The van der Waals surface area contributed by atoms with E-state index >= 15 is 0 Å². The molecule has 0 aliphatic carbocycles. The molecule has 31 heavy (non-hydrogen) atoms. The van der Waals surface area contributed by atoms with Crippen LogP contribution in [0.4, 0.5) is 0 Å². The van der Waals surface area contributed by atoms with Gasteiger partial charge in [-0.3, -0.25) is 4.79 Å². The van der Waals surface area contributed by atoms with Crippen molar-refractivity contribution in [3.05, 3.63) is 28.7 Å². The summed E-state index contributed by atoms with van der Waals surface area (Å²) in [7, 11) is 0. The summed E-state index contributed by atoms with van der Waals surface area (Å²) in [6.45, 7) is 5.15. The number of aromatic amines is 1. The topological polar surface area (TPSA) is 179 Å². The zero-order valence-electron chi connectivity index (χ0n) is 17.7. The second-order valence-corrected chi connectivity index (χ2v) is 6.19. The molecule has 176 valence electrons. The van der Waals surface area contributed by atoms with Crippen molar-refractivity contribution in [2.45, 2.75) is 12.5 Å². The van der Waals surface area contributed by atoms with Gasteiger partial charge in [-0.15, -0.1) is 0 Å². The van der Waals surface area contributed by atoms with E-state index in [2.05, 4.69) is 25.3 Å². The summed E-state index contributed by atoms with van der Waals surface area (Å²) in [5.74, 6) is -0.228. The number of carbonyl (C=O) groups excluding carboxylic acids is 1. The molecule has 1 atom stereocenters. The van der Waals surface area contributed by atoms with Crippen LogP contribution >= 0.6 is 0 Å². The first-order valence-electron chi connectivity index (χ1n) is 10.1. The second kappa shape index (κ2) is 19.7. The summed E-state index contributed by atoms with van der Waals surface area (Å²) in [5.41, 5.74) is 14.7. The molecule has 0 aliphatic heterocycles. The van der Waals surface area contributed by atoms with Crippen LogP contribution in [0.2, 0.25) is 0 Å². The number of amides is 1. The monoisotopic (exact) mass is 443 g/mol. The summed E-state index contributed by atoms with van der Waals surface area (Å²) in [6.07, 6.45) is 3.60. The number of hydrogen-bond acceptors (Lipinski definition) is 9. The number of nitrogens with two attached hydrogens (primary N) is 1. The van der Waals surface area contributed by atoms with Gasteiger partial charge in [0.05, 0.1) is 78.4 Å². The Kier molecular flexibility index (Phi) is 17.0. The Hall–Kier alpha value is -2.25. The molecule has 1 rings (SSSR count). The van der Waals surface area contributed by atoms with E-state index in [0.717, 1.165) is 5.69 Å². The Balaban J connectivity index is 1.76. The maximum atomic E-state index is 11.9. The van der Waals surface area contributed by atoms with Crippen LogP contribution in [-0.4, -0.2) is 101 Å². The van der Waals surface area contributed by atoms with Gasteiger partial charge < -0.3 is 39.7 Å². The van der Waals surface area contributed by atoms with Gasteiger partial charge in [0.25, 0.3) is 0 Å². The third kappa shape index (κ3) is 16.2. The van der Waals surface area contributed by atoms with E-state index in [9.17, 15) is 4.79 Å². The molecule has 0 bridgehead atoms. The highest BCUT2D eigenvalue weighted by Crippen LogP contribution is 1.96. The highest BCUT2D eigenvalue weighted by atomic mass is 16.6. The van der Waals surface area contributed by atoms with Gasteiger partial charge in [0.15, 0.2) is 0 Å². The molecule has 1 aromatic rings. The summed E-state index contributed by atoms with van der Waals surface area (Å²) in [4.78, 5) is 21.3. The summed E-state index contributed by atoms with van der Waals surface area (Å²) < 4.78 is 26.7. The first-order chi connectivity index (χ1) is 15.2. The Labute approximate surface area is 181 Å². The van der Waals surface area contributed by atoms with E-state index in [4.69, 9.17) is 34.9 Å². The van der Waals surface area contributed by atoms with Crippen LogP contribution in [0.1, 0.15) is 5.69 Å². The van der Waals surface area contributed by atoms with E-state index in [-0.39, 0.29) is 5.91 Å². The van der Waals surface area contributed by atoms with Gasteiger partial charge in [0, 0.05) is 36.3 Å². The van der Waals surface area contributed by atoms with Crippen LogP contribution in [0.15, 0.2) is 17.6 Å². The summed E-state index contributed by atoms with van der Waals surface area (Å²) >= 11 is 0. The lowest BCUT2D eigenvalue weighted by atomic mass is 10.1. The summed E-state index contributed by atoms with van der Waals surface area (Å²) in [6, 6.07) is -0.627. The highest BCUT2D eigenvalue weighted by molar-refractivity contribution is 5.81. The fourth-order valence-corrected chi connectivity index (χ4v) is 2.24. The van der Waals surface area contributed by atoms with Crippen LogP contribution in [-0.2, 0) is 34.9 Å². The molecular weight excluding hydrogens is 410 g/mol. The number of azide groups is 1. The maximum absolute atomic E-state index is 11.9. The third-order valence-electron chi connectivity index (χ3n) is 3.76.